The van der Waals surface area contributed by atoms with Gasteiger partial charge < -0.3 is 10.1 Å². The standard InChI is InChI=1S/C17H21FN2O6S/c18-12-5-7-14(8-6-12)27(24,25)10-9-16(22)26-11-15(21)20-17(23)19-13-3-1-2-4-13/h5-8,13H,1-4,9-11H2,(H2,19,20,21,23). The van der Waals surface area contributed by atoms with Gasteiger partial charge in [-0.2, -0.15) is 0 Å². The van der Waals surface area contributed by atoms with Gasteiger partial charge in [-0.1, -0.05) is 12.8 Å². The maximum absolute atomic E-state index is 12.8. The number of hydrogen-bond donors (Lipinski definition) is 2. The molecule has 0 saturated heterocycles. The number of benzene rings is 1. The number of carbonyl (C=O) groups excluding carboxylic acids is 3. The average molecular weight is 400 g/mol. The predicted octanol–water partition coefficient (Wildman–Crippen LogP) is 1.30. The van der Waals surface area contributed by atoms with Crippen LogP contribution in [0.4, 0.5) is 9.18 Å². The Labute approximate surface area is 156 Å². The van der Waals surface area contributed by atoms with E-state index in [-0.39, 0.29) is 10.9 Å². The summed E-state index contributed by atoms with van der Waals surface area (Å²) in [5, 5.41) is 4.69. The number of carbonyl (C=O) groups is 3. The molecule has 1 fully saturated rings. The van der Waals surface area contributed by atoms with Crippen LogP contribution in [-0.4, -0.2) is 44.7 Å². The van der Waals surface area contributed by atoms with E-state index in [1.54, 1.807) is 0 Å². The van der Waals surface area contributed by atoms with Gasteiger partial charge in [0.05, 0.1) is 17.1 Å². The molecule has 0 spiro atoms. The second kappa shape index (κ2) is 9.45. The number of imide groups is 1. The summed E-state index contributed by atoms with van der Waals surface area (Å²) in [6.45, 7) is -0.687. The van der Waals surface area contributed by atoms with Crippen LogP contribution in [-0.2, 0) is 24.2 Å². The number of rotatable bonds is 7. The van der Waals surface area contributed by atoms with E-state index in [2.05, 4.69) is 10.1 Å². The van der Waals surface area contributed by atoms with Crippen molar-refractivity contribution in [1.29, 1.82) is 0 Å². The van der Waals surface area contributed by atoms with Gasteiger partial charge in [0.25, 0.3) is 5.91 Å². The van der Waals surface area contributed by atoms with Crippen molar-refractivity contribution in [3.63, 3.8) is 0 Å². The Balaban J connectivity index is 1.69. The first-order valence-electron chi connectivity index (χ1n) is 8.50. The topological polar surface area (TPSA) is 119 Å². The van der Waals surface area contributed by atoms with Crippen molar-refractivity contribution in [2.24, 2.45) is 0 Å². The number of halogens is 1. The number of nitrogens with one attached hydrogen (secondary N) is 2. The van der Waals surface area contributed by atoms with Crippen molar-refractivity contribution < 1.29 is 31.9 Å². The molecule has 1 aromatic rings. The summed E-state index contributed by atoms with van der Waals surface area (Å²) in [5.74, 6) is -2.81. The molecule has 27 heavy (non-hydrogen) atoms. The monoisotopic (exact) mass is 400 g/mol. The lowest BCUT2D eigenvalue weighted by molar-refractivity contribution is -0.147. The maximum atomic E-state index is 12.8. The molecule has 3 amide bonds. The lowest BCUT2D eigenvalue weighted by Gasteiger charge is -2.12. The Hall–Kier alpha value is -2.49. The van der Waals surface area contributed by atoms with Crippen LogP contribution in [0.1, 0.15) is 32.1 Å². The Morgan fingerprint density at radius 1 is 1.11 bits per heavy atom. The van der Waals surface area contributed by atoms with E-state index in [9.17, 15) is 27.2 Å². The van der Waals surface area contributed by atoms with Crippen molar-refractivity contribution in [3.05, 3.63) is 30.1 Å². The van der Waals surface area contributed by atoms with E-state index in [1.165, 1.54) is 0 Å². The lowest BCUT2D eigenvalue weighted by atomic mass is 10.2. The molecule has 8 nitrogen and oxygen atoms in total. The van der Waals surface area contributed by atoms with Crippen LogP contribution in [0.25, 0.3) is 0 Å². The molecule has 1 aromatic carbocycles. The molecule has 0 aliphatic heterocycles. The van der Waals surface area contributed by atoms with Crippen LogP contribution < -0.4 is 10.6 Å². The summed E-state index contributed by atoms with van der Waals surface area (Å²) >= 11 is 0. The summed E-state index contributed by atoms with van der Waals surface area (Å²) in [7, 11) is -3.78. The van der Waals surface area contributed by atoms with E-state index in [0.29, 0.717) is 0 Å². The normalized spacial score (nSPS) is 14.6. The summed E-state index contributed by atoms with van der Waals surface area (Å²) in [5.41, 5.74) is 0. The first-order valence-corrected chi connectivity index (χ1v) is 10.2. The van der Waals surface area contributed by atoms with Gasteiger partial charge in [0.2, 0.25) is 0 Å². The highest BCUT2D eigenvalue weighted by atomic mass is 32.2. The van der Waals surface area contributed by atoms with Crippen molar-refractivity contribution in [2.45, 2.75) is 43.0 Å². The second-order valence-electron chi connectivity index (χ2n) is 6.19. The molecule has 148 valence electrons. The van der Waals surface area contributed by atoms with E-state index in [0.717, 1.165) is 49.9 Å². The van der Waals surface area contributed by atoms with Crippen molar-refractivity contribution in [2.75, 3.05) is 12.4 Å². The highest BCUT2D eigenvalue weighted by Gasteiger charge is 2.20. The summed E-state index contributed by atoms with van der Waals surface area (Å²) in [4.78, 5) is 34.7. The fourth-order valence-electron chi connectivity index (χ4n) is 2.65. The van der Waals surface area contributed by atoms with E-state index in [4.69, 9.17) is 0 Å². The predicted molar refractivity (Wildman–Crippen MR) is 93.0 cm³/mol. The molecule has 0 atom stereocenters. The molecule has 2 rings (SSSR count). The SMILES string of the molecule is O=C(COC(=O)CCS(=O)(=O)c1ccc(F)cc1)NC(=O)NC1CCCC1. The molecule has 0 heterocycles. The molecule has 2 N–H and O–H groups in total. The van der Waals surface area contributed by atoms with Gasteiger partial charge in [0, 0.05) is 6.04 Å². The first-order chi connectivity index (χ1) is 12.8. The third kappa shape index (κ3) is 6.97. The van der Waals surface area contributed by atoms with Gasteiger partial charge in [-0.05, 0) is 37.1 Å². The van der Waals surface area contributed by atoms with E-state index < -0.39 is 52.3 Å². The molecular formula is C17H21FN2O6S. The molecule has 0 aromatic heterocycles. The molecule has 10 heteroatoms. The Morgan fingerprint density at radius 2 is 1.74 bits per heavy atom. The van der Waals surface area contributed by atoms with Crippen LogP contribution in [0.15, 0.2) is 29.2 Å². The minimum Gasteiger partial charge on any atom is -0.456 e. The zero-order valence-corrected chi connectivity index (χ0v) is 15.4. The van der Waals surface area contributed by atoms with Crippen LogP contribution in [0, 0.1) is 5.82 Å². The van der Waals surface area contributed by atoms with Crippen molar-refractivity contribution in [1.82, 2.24) is 10.6 Å². The van der Waals surface area contributed by atoms with Crippen LogP contribution in [0.5, 0.6) is 0 Å². The minimum atomic E-state index is -3.78. The van der Waals surface area contributed by atoms with Gasteiger partial charge in [0.1, 0.15) is 5.82 Å². The van der Waals surface area contributed by atoms with Gasteiger partial charge in [-0.25, -0.2) is 17.6 Å². The fraction of sp³-hybridized carbons (Fsp3) is 0.471. The third-order valence-electron chi connectivity index (χ3n) is 4.06. The highest BCUT2D eigenvalue weighted by Crippen LogP contribution is 2.17. The summed E-state index contributed by atoms with van der Waals surface area (Å²) < 4.78 is 41.6. The van der Waals surface area contributed by atoms with Crippen LogP contribution in [0.3, 0.4) is 0 Å². The quantitative estimate of drug-likeness (QED) is 0.526. The zero-order valence-electron chi connectivity index (χ0n) is 14.6. The van der Waals surface area contributed by atoms with E-state index in [1.807, 2.05) is 5.32 Å². The fourth-order valence-corrected chi connectivity index (χ4v) is 3.87. The van der Waals surface area contributed by atoms with E-state index >= 15 is 0 Å². The number of hydrogen-bond acceptors (Lipinski definition) is 6. The number of esters is 1. The number of urea groups is 1. The molecule has 1 aliphatic rings. The zero-order chi connectivity index (χ0) is 19.9. The largest absolute Gasteiger partial charge is 0.456 e. The lowest BCUT2D eigenvalue weighted by Crippen LogP contribution is -2.45. The van der Waals surface area contributed by atoms with Crippen LogP contribution in [0.2, 0.25) is 0 Å². The smallest absolute Gasteiger partial charge is 0.321 e. The number of amides is 3. The first kappa shape index (κ1) is 20.8. The molecule has 0 unspecified atom stereocenters. The Bertz CT molecular complexity index is 788. The van der Waals surface area contributed by atoms with Crippen LogP contribution >= 0.6 is 0 Å². The van der Waals surface area contributed by atoms with Gasteiger partial charge in [-0.3, -0.25) is 14.9 Å². The van der Waals surface area contributed by atoms with Crippen molar-refractivity contribution in [3.8, 4) is 0 Å². The van der Waals surface area contributed by atoms with Gasteiger partial charge in [-0.15, -0.1) is 0 Å². The van der Waals surface area contributed by atoms with Gasteiger partial charge >= 0.3 is 12.0 Å². The van der Waals surface area contributed by atoms with Crippen molar-refractivity contribution >= 4 is 27.7 Å². The average Bonchev–Trinajstić information content (AvgIpc) is 3.11. The summed E-state index contributed by atoms with van der Waals surface area (Å²) in [6, 6.07) is 3.61. The molecule has 1 saturated carbocycles. The highest BCUT2D eigenvalue weighted by molar-refractivity contribution is 7.91. The third-order valence-corrected chi connectivity index (χ3v) is 5.79. The summed E-state index contributed by atoms with van der Waals surface area (Å²) in [6.07, 6.45) is 3.30. The minimum absolute atomic E-state index is 0.0389. The number of sulfone groups is 1. The number of ether oxygens (including phenoxy) is 1. The molecule has 0 radical (unpaired) electrons. The van der Waals surface area contributed by atoms with Gasteiger partial charge in [0.15, 0.2) is 16.4 Å². The maximum Gasteiger partial charge on any atom is 0.321 e. The molecular weight excluding hydrogens is 379 g/mol. The second-order valence-corrected chi connectivity index (χ2v) is 8.30. The molecule has 1 aliphatic carbocycles. The Kier molecular flexibility index (Phi) is 7.28. The molecule has 0 bridgehead atoms. The Morgan fingerprint density at radius 3 is 2.37 bits per heavy atom.